The Hall–Kier alpha value is -2.91. The van der Waals surface area contributed by atoms with Crippen molar-refractivity contribution in [2.75, 3.05) is 19.7 Å². The molecule has 0 bridgehead atoms. The lowest BCUT2D eigenvalue weighted by molar-refractivity contribution is -0.126. The molecule has 0 aliphatic rings. The molecule has 0 atom stereocenters. The van der Waals surface area contributed by atoms with Crippen LogP contribution in [0.25, 0.3) is 0 Å². The van der Waals surface area contributed by atoms with E-state index in [1.54, 1.807) is 12.1 Å². The first-order chi connectivity index (χ1) is 13.9. The summed E-state index contributed by atoms with van der Waals surface area (Å²) in [7, 11) is -3.72. The maximum absolute atomic E-state index is 12.2. The zero-order valence-corrected chi connectivity index (χ0v) is 17.0. The number of hydrogen-bond acceptors (Lipinski definition) is 5. The Morgan fingerprint density at radius 1 is 0.931 bits per heavy atom. The quantitative estimate of drug-likeness (QED) is 0.506. The van der Waals surface area contributed by atoms with Crippen molar-refractivity contribution in [1.82, 2.24) is 15.4 Å². The molecule has 9 heteroatoms. The molecule has 0 aliphatic heterocycles. The molecule has 0 aromatic heterocycles. The number of carbonyl (C=O) groups excluding carboxylic acids is 2. The van der Waals surface area contributed by atoms with Gasteiger partial charge in [-0.3, -0.25) is 9.59 Å². The fourth-order valence-corrected chi connectivity index (χ4v) is 3.42. The Kier molecular flexibility index (Phi) is 8.63. The first kappa shape index (κ1) is 22.4. The van der Waals surface area contributed by atoms with Crippen LogP contribution in [0.3, 0.4) is 0 Å². The van der Waals surface area contributed by atoms with Gasteiger partial charge in [-0.05, 0) is 36.8 Å². The molecule has 2 aromatic carbocycles. The van der Waals surface area contributed by atoms with Crippen molar-refractivity contribution in [3.05, 3.63) is 60.2 Å². The molecule has 0 fully saturated rings. The maximum Gasteiger partial charge on any atom is 0.240 e. The Balaban J connectivity index is 1.68. The highest BCUT2D eigenvalue weighted by atomic mass is 32.2. The Labute approximate surface area is 170 Å². The summed E-state index contributed by atoms with van der Waals surface area (Å²) in [6.07, 6.45) is -0.0811. The zero-order chi connectivity index (χ0) is 21.1. The third-order valence-electron chi connectivity index (χ3n) is 3.87. The number of carbonyl (C=O) groups is 2. The smallest absolute Gasteiger partial charge is 0.240 e. The van der Waals surface area contributed by atoms with Gasteiger partial charge in [0.25, 0.3) is 0 Å². The SMILES string of the molecule is CCOc1ccc(S(=O)(=O)NCCC(=O)NCC(=O)NCc2ccccc2)cc1. The minimum Gasteiger partial charge on any atom is -0.494 e. The number of rotatable bonds is 11. The van der Waals surface area contributed by atoms with Crippen LogP contribution in [0.5, 0.6) is 5.75 Å². The van der Waals surface area contributed by atoms with E-state index in [9.17, 15) is 18.0 Å². The highest BCUT2D eigenvalue weighted by Crippen LogP contribution is 2.15. The summed E-state index contributed by atoms with van der Waals surface area (Å²) in [6.45, 7) is 2.45. The summed E-state index contributed by atoms with van der Waals surface area (Å²) in [5, 5.41) is 5.16. The van der Waals surface area contributed by atoms with Crippen molar-refractivity contribution >= 4 is 21.8 Å². The van der Waals surface area contributed by atoms with Gasteiger partial charge in [0.2, 0.25) is 21.8 Å². The minimum absolute atomic E-state index is 0.0764. The molecule has 29 heavy (non-hydrogen) atoms. The van der Waals surface area contributed by atoms with Crippen LogP contribution in [-0.4, -0.2) is 39.9 Å². The molecular weight excluding hydrogens is 394 g/mol. The summed E-state index contributed by atoms with van der Waals surface area (Å²) in [5.41, 5.74) is 0.955. The predicted octanol–water partition coefficient (Wildman–Crippen LogP) is 1.19. The van der Waals surface area contributed by atoms with Crippen LogP contribution < -0.4 is 20.1 Å². The molecule has 0 spiro atoms. The molecule has 0 aliphatic carbocycles. The lowest BCUT2D eigenvalue weighted by atomic mass is 10.2. The number of benzene rings is 2. The summed E-state index contributed by atoms with van der Waals surface area (Å²) in [6, 6.07) is 15.4. The zero-order valence-electron chi connectivity index (χ0n) is 16.2. The largest absolute Gasteiger partial charge is 0.494 e. The van der Waals surface area contributed by atoms with E-state index in [2.05, 4.69) is 15.4 Å². The molecule has 0 saturated carbocycles. The molecule has 0 radical (unpaired) electrons. The van der Waals surface area contributed by atoms with Gasteiger partial charge in [0, 0.05) is 19.5 Å². The van der Waals surface area contributed by atoms with Crippen LogP contribution in [-0.2, 0) is 26.2 Å². The number of amides is 2. The monoisotopic (exact) mass is 419 g/mol. The molecule has 2 aromatic rings. The Morgan fingerprint density at radius 2 is 1.62 bits per heavy atom. The van der Waals surface area contributed by atoms with Gasteiger partial charge >= 0.3 is 0 Å². The first-order valence-corrected chi connectivity index (χ1v) is 10.7. The number of nitrogens with one attached hydrogen (secondary N) is 3. The molecule has 0 saturated heterocycles. The van der Waals surface area contributed by atoms with Crippen LogP contribution in [0.2, 0.25) is 0 Å². The Morgan fingerprint density at radius 3 is 2.28 bits per heavy atom. The van der Waals surface area contributed by atoms with Crippen LogP contribution in [0.1, 0.15) is 18.9 Å². The summed E-state index contributed by atoms with van der Waals surface area (Å²) in [5.74, 6) is -0.164. The fraction of sp³-hybridized carbons (Fsp3) is 0.300. The van der Waals surface area contributed by atoms with Crippen LogP contribution in [0.4, 0.5) is 0 Å². The van der Waals surface area contributed by atoms with Crippen molar-refractivity contribution in [2.45, 2.75) is 24.8 Å². The van der Waals surface area contributed by atoms with E-state index in [1.165, 1.54) is 12.1 Å². The van der Waals surface area contributed by atoms with Gasteiger partial charge < -0.3 is 15.4 Å². The van der Waals surface area contributed by atoms with E-state index in [0.29, 0.717) is 18.9 Å². The van der Waals surface area contributed by atoms with E-state index in [-0.39, 0.29) is 30.3 Å². The van der Waals surface area contributed by atoms with E-state index in [1.807, 2.05) is 37.3 Å². The lowest BCUT2D eigenvalue weighted by Crippen LogP contribution is -2.38. The maximum atomic E-state index is 12.2. The average molecular weight is 420 g/mol. The second-order valence-electron chi connectivity index (χ2n) is 6.09. The van der Waals surface area contributed by atoms with Crippen molar-refractivity contribution in [2.24, 2.45) is 0 Å². The van der Waals surface area contributed by atoms with Crippen molar-refractivity contribution in [3.8, 4) is 5.75 Å². The number of sulfonamides is 1. The summed E-state index contributed by atoms with van der Waals surface area (Å²) in [4.78, 5) is 23.7. The van der Waals surface area contributed by atoms with Gasteiger partial charge in [-0.25, -0.2) is 13.1 Å². The van der Waals surface area contributed by atoms with E-state index >= 15 is 0 Å². The fourth-order valence-electron chi connectivity index (χ4n) is 2.39. The lowest BCUT2D eigenvalue weighted by Gasteiger charge is -2.09. The van der Waals surface area contributed by atoms with E-state index in [0.717, 1.165) is 5.56 Å². The van der Waals surface area contributed by atoms with Crippen molar-refractivity contribution in [3.63, 3.8) is 0 Å². The van der Waals surface area contributed by atoms with Gasteiger partial charge in [-0.1, -0.05) is 30.3 Å². The van der Waals surface area contributed by atoms with E-state index < -0.39 is 15.9 Å². The first-order valence-electron chi connectivity index (χ1n) is 9.20. The molecule has 2 rings (SSSR count). The normalized spacial score (nSPS) is 10.9. The molecular formula is C20H25N3O5S. The summed E-state index contributed by atoms with van der Waals surface area (Å²) < 4.78 is 32.1. The standard InChI is InChI=1S/C20H25N3O5S/c1-2-28-17-8-10-18(11-9-17)29(26,27)23-13-12-19(24)22-15-20(25)21-14-16-6-4-3-5-7-16/h3-11,23H,2,12-15H2,1H3,(H,21,25)(H,22,24). The van der Waals surface area contributed by atoms with Crippen LogP contribution in [0.15, 0.2) is 59.5 Å². The van der Waals surface area contributed by atoms with Gasteiger partial charge in [0.05, 0.1) is 18.0 Å². The molecule has 156 valence electrons. The van der Waals surface area contributed by atoms with Crippen LogP contribution in [0, 0.1) is 0 Å². The second-order valence-corrected chi connectivity index (χ2v) is 7.86. The van der Waals surface area contributed by atoms with Gasteiger partial charge in [0.1, 0.15) is 5.75 Å². The third kappa shape index (κ3) is 7.92. The second kappa shape index (κ2) is 11.2. The number of hydrogen-bond donors (Lipinski definition) is 3. The molecule has 0 heterocycles. The van der Waals surface area contributed by atoms with E-state index in [4.69, 9.17) is 4.74 Å². The molecule has 2 amide bonds. The highest BCUT2D eigenvalue weighted by Gasteiger charge is 2.14. The molecule has 0 unspecified atom stereocenters. The molecule has 3 N–H and O–H groups in total. The average Bonchev–Trinajstić information content (AvgIpc) is 2.72. The van der Waals surface area contributed by atoms with Gasteiger partial charge in [-0.2, -0.15) is 0 Å². The number of ether oxygens (including phenoxy) is 1. The molecule has 8 nitrogen and oxygen atoms in total. The van der Waals surface area contributed by atoms with Crippen molar-refractivity contribution < 1.29 is 22.7 Å². The minimum atomic E-state index is -3.72. The Bertz CT molecular complexity index is 899. The van der Waals surface area contributed by atoms with Gasteiger partial charge in [-0.15, -0.1) is 0 Å². The third-order valence-corrected chi connectivity index (χ3v) is 5.34. The van der Waals surface area contributed by atoms with Crippen LogP contribution >= 0.6 is 0 Å². The van der Waals surface area contributed by atoms with Crippen molar-refractivity contribution in [1.29, 1.82) is 0 Å². The highest BCUT2D eigenvalue weighted by molar-refractivity contribution is 7.89. The summed E-state index contributed by atoms with van der Waals surface area (Å²) >= 11 is 0. The van der Waals surface area contributed by atoms with Gasteiger partial charge in [0.15, 0.2) is 0 Å². The topological polar surface area (TPSA) is 114 Å². The predicted molar refractivity (Wildman–Crippen MR) is 109 cm³/mol.